The number of para-hydroxylation sites is 1. The molecule has 23 heavy (non-hydrogen) atoms. The number of benzene rings is 1. The average Bonchev–Trinajstić information content (AvgIpc) is 2.50. The third-order valence-corrected chi connectivity index (χ3v) is 3.72. The van der Waals surface area contributed by atoms with Crippen LogP contribution in [0, 0.1) is 13.8 Å². The van der Waals surface area contributed by atoms with Gasteiger partial charge in [-0.2, -0.15) is 0 Å². The largest absolute Gasteiger partial charge is 0.466 e. The molecule has 0 unspecified atom stereocenters. The molecule has 1 amide bonds. The van der Waals surface area contributed by atoms with Crippen molar-refractivity contribution in [2.45, 2.75) is 40.5 Å². The van der Waals surface area contributed by atoms with E-state index in [4.69, 9.17) is 4.74 Å². The van der Waals surface area contributed by atoms with Gasteiger partial charge in [-0.15, -0.1) is 0 Å². The quantitative estimate of drug-likeness (QED) is 0.711. The van der Waals surface area contributed by atoms with Crippen LogP contribution in [-0.2, 0) is 14.3 Å². The van der Waals surface area contributed by atoms with Gasteiger partial charge in [-0.05, 0) is 51.4 Å². The molecule has 1 aromatic carbocycles. The zero-order chi connectivity index (χ0) is 17.2. The Balaban J connectivity index is 2.46. The average molecular weight is 320 g/mol. The van der Waals surface area contributed by atoms with E-state index < -0.39 is 0 Å². The molecule has 0 aliphatic carbocycles. The van der Waals surface area contributed by atoms with Gasteiger partial charge in [0.05, 0.1) is 13.2 Å². The van der Waals surface area contributed by atoms with E-state index in [0.29, 0.717) is 32.5 Å². The molecule has 0 bridgehead atoms. The Labute approximate surface area is 139 Å². The number of likely N-dealkylation sites (N-methyl/N-ethyl adjacent to an activating group) is 1. The summed E-state index contributed by atoms with van der Waals surface area (Å²) in [6, 6.07) is 5.95. The Morgan fingerprint density at radius 1 is 1.17 bits per heavy atom. The first-order valence-corrected chi connectivity index (χ1v) is 8.22. The molecule has 0 aromatic heterocycles. The molecule has 1 N–H and O–H groups in total. The first kappa shape index (κ1) is 19.2. The maximum atomic E-state index is 12.2. The van der Waals surface area contributed by atoms with Gasteiger partial charge in [0, 0.05) is 12.1 Å². The third kappa shape index (κ3) is 6.82. The van der Waals surface area contributed by atoms with E-state index in [2.05, 4.69) is 5.32 Å². The molecular formula is C18H28N2O3. The van der Waals surface area contributed by atoms with E-state index in [1.165, 1.54) is 0 Å². The highest BCUT2D eigenvalue weighted by atomic mass is 16.5. The fraction of sp³-hybridized carbons (Fsp3) is 0.556. The van der Waals surface area contributed by atoms with Gasteiger partial charge >= 0.3 is 5.97 Å². The van der Waals surface area contributed by atoms with Crippen LogP contribution in [0.4, 0.5) is 5.69 Å². The van der Waals surface area contributed by atoms with E-state index in [9.17, 15) is 9.59 Å². The van der Waals surface area contributed by atoms with E-state index in [0.717, 1.165) is 23.4 Å². The molecule has 0 radical (unpaired) electrons. The lowest BCUT2D eigenvalue weighted by Crippen LogP contribution is -2.34. The fourth-order valence-corrected chi connectivity index (χ4v) is 2.42. The van der Waals surface area contributed by atoms with Gasteiger partial charge in [-0.1, -0.05) is 25.1 Å². The summed E-state index contributed by atoms with van der Waals surface area (Å²) in [4.78, 5) is 25.6. The zero-order valence-corrected chi connectivity index (χ0v) is 14.6. The lowest BCUT2D eigenvalue weighted by Gasteiger charge is -2.20. The van der Waals surface area contributed by atoms with Gasteiger partial charge in [0.15, 0.2) is 0 Å². The lowest BCUT2D eigenvalue weighted by molar-refractivity contribution is -0.143. The molecule has 0 atom stereocenters. The number of carbonyl (C=O) groups is 2. The Kier molecular flexibility index (Phi) is 8.33. The number of aryl methyl sites for hydroxylation is 2. The summed E-state index contributed by atoms with van der Waals surface area (Å²) in [6.07, 6.45) is 1.09. The van der Waals surface area contributed by atoms with Crippen LogP contribution in [0.5, 0.6) is 0 Å². The van der Waals surface area contributed by atoms with Crippen molar-refractivity contribution in [3.05, 3.63) is 29.3 Å². The molecule has 1 aromatic rings. The molecule has 1 rings (SSSR count). The molecule has 5 nitrogen and oxygen atoms in total. The lowest BCUT2D eigenvalue weighted by atomic mass is 10.1. The van der Waals surface area contributed by atoms with Gasteiger partial charge in [0.25, 0.3) is 0 Å². The summed E-state index contributed by atoms with van der Waals surface area (Å²) in [5, 5.41) is 2.99. The second-order valence-corrected chi connectivity index (χ2v) is 5.59. The summed E-state index contributed by atoms with van der Waals surface area (Å²) in [5.74, 6) is -0.205. The Hall–Kier alpha value is -1.88. The molecule has 0 saturated carbocycles. The van der Waals surface area contributed by atoms with Crippen molar-refractivity contribution in [3.8, 4) is 0 Å². The minimum absolute atomic E-state index is 0.0274. The standard InChI is InChI=1S/C18H28N2O3/c1-5-20(12-8-11-17(22)23-6-2)13-16(21)19-18-14(3)9-7-10-15(18)4/h7,9-10H,5-6,8,11-13H2,1-4H3,(H,19,21). The van der Waals surface area contributed by atoms with E-state index in [-0.39, 0.29) is 11.9 Å². The summed E-state index contributed by atoms with van der Waals surface area (Å²) >= 11 is 0. The second kappa shape index (κ2) is 10.0. The van der Waals surface area contributed by atoms with Crippen molar-refractivity contribution in [3.63, 3.8) is 0 Å². The van der Waals surface area contributed by atoms with Crippen molar-refractivity contribution >= 4 is 17.6 Å². The fourth-order valence-electron chi connectivity index (χ4n) is 2.42. The molecule has 128 valence electrons. The molecule has 0 aliphatic rings. The number of hydrogen-bond donors (Lipinski definition) is 1. The van der Waals surface area contributed by atoms with Crippen molar-refractivity contribution in [2.75, 3.05) is 31.6 Å². The SMILES string of the molecule is CCOC(=O)CCCN(CC)CC(=O)Nc1c(C)cccc1C. The minimum atomic E-state index is -0.177. The number of esters is 1. The Morgan fingerprint density at radius 2 is 1.83 bits per heavy atom. The highest BCUT2D eigenvalue weighted by Gasteiger charge is 2.12. The predicted molar refractivity (Wildman–Crippen MR) is 92.5 cm³/mol. The topological polar surface area (TPSA) is 58.6 Å². The van der Waals surface area contributed by atoms with Crippen LogP contribution in [0.25, 0.3) is 0 Å². The monoisotopic (exact) mass is 320 g/mol. The van der Waals surface area contributed by atoms with Crippen LogP contribution >= 0.6 is 0 Å². The van der Waals surface area contributed by atoms with Gasteiger partial charge in [0.2, 0.25) is 5.91 Å². The molecule has 0 aliphatic heterocycles. The number of hydrogen-bond acceptors (Lipinski definition) is 4. The van der Waals surface area contributed by atoms with Gasteiger partial charge < -0.3 is 10.1 Å². The highest BCUT2D eigenvalue weighted by molar-refractivity contribution is 5.93. The van der Waals surface area contributed by atoms with E-state index in [1.807, 2.05) is 43.9 Å². The van der Waals surface area contributed by atoms with E-state index >= 15 is 0 Å². The van der Waals surface area contributed by atoms with Crippen LogP contribution in [0.3, 0.4) is 0 Å². The van der Waals surface area contributed by atoms with Crippen molar-refractivity contribution in [2.24, 2.45) is 0 Å². The van der Waals surface area contributed by atoms with Gasteiger partial charge in [0.1, 0.15) is 0 Å². The van der Waals surface area contributed by atoms with Crippen LogP contribution in [0.1, 0.15) is 37.8 Å². The van der Waals surface area contributed by atoms with Crippen molar-refractivity contribution < 1.29 is 14.3 Å². The summed E-state index contributed by atoms with van der Waals surface area (Å²) in [5.41, 5.74) is 3.01. The number of nitrogens with zero attached hydrogens (tertiary/aromatic N) is 1. The second-order valence-electron chi connectivity index (χ2n) is 5.59. The number of carbonyl (C=O) groups excluding carboxylic acids is 2. The molecule has 0 spiro atoms. The first-order valence-electron chi connectivity index (χ1n) is 8.22. The number of rotatable bonds is 9. The van der Waals surface area contributed by atoms with Gasteiger partial charge in [-0.3, -0.25) is 14.5 Å². The maximum absolute atomic E-state index is 12.2. The van der Waals surface area contributed by atoms with Gasteiger partial charge in [-0.25, -0.2) is 0 Å². The molecule has 0 saturated heterocycles. The highest BCUT2D eigenvalue weighted by Crippen LogP contribution is 2.19. The van der Waals surface area contributed by atoms with Crippen LogP contribution < -0.4 is 5.32 Å². The summed E-state index contributed by atoms with van der Waals surface area (Å²) < 4.78 is 4.91. The van der Waals surface area contributed by atoms with Crippen LogP contribution in [-0.4, -0.2) is 43.0 Å². The minimum Gasteiger partial charge on any atom is -0.466 e. The van der Waals surface area contributed by atoms with Crippen LogP contribution in [0.2, 0.25) is 0 Å². The number of nitrogens with one attached hydrogen (secondary N) is 1. The Bertz CT molecular complexity index is 509. The molecule has 5 heteroatoms. The number of amides is 1. The van der Waals surface area contributed by atoms with Crippen molar-refractivity contribution in [1.29, 1.82) is 0 Å². The summed E-state index contributed by atoms with van der Waals surface area (Å²) in [7, 11) is 0. The van der Waals surface area contributed by atoms with E-state index in [1.54, 1.807) is 6.92 Å². The normalized spacial score (nSPS) is 10.7. The van der Waals surface area contributed by atoms with Crippen molar-refractivity contribution in [1.82, 2.24) is 4.90 Å². The third-order valence-electron chi connectivity index (χ3n) is 3.72. The first-order chi connectivity index (χ1) is 11.0. The molecular weight excluding hydrogens is 292 g/mol. The Morgan fingerprint density at radius 3 is 2.39 bits per heavy atom. The maximum Gasteiger partial charge on any atom is 0.305 e. The van der Waals surface area contributed by atoms with Crippen LogP contribution in [0.15, 0.2) is 18.2 Å². The number of anilines is 1. The molecule has 0 fully saturated rings. The molecule has 0 heterocycles. The predicted octanol–water partition coefficient (Wildman–Crippen LogP) is 2.91. The smallest absolute Gasteiger partial charge is 0.305 e. The summed E-state index contributed by atoms with van der Waals surface area (Å²) in [6.45, 7) is 9.99. The number of ether oxygens (including phenoxy) is 1. The zero-order valence-electron chi connectivity index (χ0n) is 14.6.